The van der Waals surface area contributed by atoms with Crippen molar-refractivity contribution in [2.45, 2.75) is 26.8 Å². The molecular formula is C14H23NO3S. The summed E-state index contributed by atoms with van der Waals surface area (Å²) in [6, 6.07) is 7.83. The molecule has 108 valence electrons. The lowest BCUT2D eigenvalue weighted by atomic mass is 10.2. The van der Waals surface area contributed by atoms with Crippen molar-refractivity contribution in [2.24, 2.45) is 0 Å². The van der Waals surface area contributed by atoms with Crippen LogP contribution in [0.1, 0.15) is 25.8 Å². The summed E-state index contributed by atoms with van der Waals surface area (Å²) in [6.07, 6.45) is 0.533. The summed E-state index contributed by atoms with van der Waals surface area (Å²) in [6.45, 7) is 5.83. The van der Waals surface area contributed by atoms with E-state index in [-0.39, 0.29) is 11.5 Å². The number of hydrogen-bond acceptors (Lipinski definition) is 4. The average molecular weight is 285 g/mol. The third-order valence-electron chi connectivity index (χ3n) is 2.84. The quantitative estimate of drug-likeness (QED) is 0.705. The van der Waals surface area contributed by atoms with Crippen LogP contribution in [0.3, 0.4) is 0 Å². The van der Waals surface area contributed by atoms with Gasteiger partial charge in [0.2, 0.25) is 0 Å². The Morgan fingerprint density at radius 2 is 1.95 bits per heavy atom. The standard InChI is InChI=1S/C14H23NO3S/c1-3-15-12-13-8-5-6-9-14(13)18-10-7-11-19(16,17)4-2/h5-6,8-9,15H,3-4,7,10-12H2,1-2H3. The molecule has 0 fully saturated rings. The first-order chi connectivity index (χ1) is 9.09. The number of para-hydroxylation sites is 1. The maximum absolute atomic E-state index is 11.4. The zero-order valence-electron chi connectivity index (χ0n) is 11.7. The molecule has 1 aromatic carbocycles. The second-order valence-electron chi connectivity index (χ2n) is 4.33. The minimum absolute atomic E-state index is 0.193. The number of ether oxygens (including phenoxy) is 1. The molecule has 0 aliphatic heterocycles. The van der Waals surface area contributed by atoms with E-state index >= 15 is 0 Å². The first-order valence-corrected chi connectivity index (χ1v) is 8.53. The maximum atomic E-state index is 11.4. The molecule has 0 aliphatic carbocycles. The van der Waals surface area contributed by atoms with Crippen LogP contribution < -0.4 is 10.1 Å². The largest absolute Gasteiger partial charge is 0.493 e. The fourth-order valence-corrected chi connectivity index (χ4v) is 2.50. The third kappa shape index (κ3) is 6.07. The van der Waals surface area contributed by atoms with E-state index in [4.69, 9.17) is 4.74 Å². The van der Waals surface area contributed by atoms with E-state index in [1.54, 1.807) is 6.92 Å². The van der Waals surface area contributed by atoms with Gasteiger partial charge in [0.05, 0.1) is 12.4 Å². The van der Waals surface area contributed by atoms with E-state index in [1.165, 1.54) is 0 Å². The monoisotopic (exact) mass is 285 g/mol. The van der Waals surface area contributed by atoms with Crippen molar-refractivity contribution in [3.8, 4) is 5.75 Å². The molecule has 0 atom stereocenters. The minimum atomic E-state index is -2.89. The van der Waals surface area contributed by atoms with Crippen molar-refractivity contribution in [2.75, 3.05) is 24.7 Å². The Morgan fingerprint density at radius 1 is 1.21 bits per heavy atom. The molecule has 0 spiro atoms. The number of rotatable bonds is 9. The molecule has 0 unspecified atom stereocenters. The summed E-state index contributed by atoms with van der Waals surface area (Å²) >= 11 is 0. The average Bonchev–Trinajstić information content (AvgIpc) is 2.42. The fraction of sp³-hybridized carbons (Fsp3) is 0.571. The maximum Gasteiger partial charge on any atom is 0.150 e. The van der Waals surface area contributed by atoms with Gasteiger partial charge in [-0.3, -0.25) is 0 Å². The summed E-state index contributed by atoms with van der Waals surface area (Å²) in [5.74, 6) is 1.22. The normalized spacial score (nSPS) is 11.5. The number of benzene rings is 1. The predicted octanol–water partition coefficient (Wildman–Crippen LogP) is 2.00. The third-order valence-corrected chi connectivity index (χ3v) is 4.63. The van der Waals surface area contributed by atoms with E-state index in [2.05, 4.69) is 12.2 Å². The molecule has 0 aromatic heterocycles. The Labute approximate surface area is 116 Å². The summed E-state index contributed by atoms with van der Waals surface area (Å²) in [4.78, 5) is 0. The molecule has 0 heterocycles. The van der Waals surface area contributed by atoms with E-state index < -0.39 is 9.84 Å². The van der Waals surface area contributed by atoms with Crippen LogP contribution >= 0.6 is 0 Å². The molecule has 5 heteroatoms. The zero-order valence-corrected chi connectivity index (χ0v) is 12.5. The number of sulfone groups is 1. The van der Waals surface area contributed by atoms with Gasteiger partial charge in [0.25, 0.3) is 0 Å². The molecule has 1 aromatic rings. The number of hydrogen-bond donors (Lipinski definition) is 1. The van der Waals surface area contributed by atoms with Gasteiger partial charge >= 0.3 is 0 Å². The van der Waals surface area contributed by atoms with Crippen molar-refractivity contribution in [3.05, 3.63) is 29.8 Å². The summed E-state index contributed by atoms with van der Waals surface area (Å²) in [5, 5.41) is 3.25. The van der Waals surface area contributed by atoms with Crippen LogP contribution in [-0.2, 0) is 16.4 Å². The summed E-state index contributed by atoms with van der Waals surface area (Å²) < 4.78 is 28.4. The van der Waals surface area contributed by atoms with Gasteiger partial charge in [0.1, 0.15) is 15.6 Å². The molecule has 1 rings (SSSR count). The van der Waals surface area contributed by atoms with Crippen LogP contribution in [0, 0.1) is 0 Å². The van der Waals surface area contributed by atoms with Crippen LogP contribution in [0.2, 0.25) is 0 Å². The van der Waals surface area contributed by atoms with Gasteiger partial charge in [0, 0.05) is 17.9 Å². The molecule has 0 radical (unpaired) electrons. The Kier molecular flexibility index (Phi) is 6.87. The molecule has 1 N–H and O–H groups in total. The molecule has 0 bridgehead atoms. The van der Waals surface area contributed by atoms with Gasteiger partial charge in [-0.2, -0.15) is 0 Å². The minimum Gasteiger partial charge on any atom is -0.493 e. The lowest BCUT2D eigenvalue weighted by Crippen LogP contribution is -2.14. The lowest BCUT2D eigenvalue weighted by molar-refractivity contribution is 0.313. The van der Waals surface area contributed by atoms with Crippen molar-refractivity contribution in [1.29, 1.82) is 0 Å². The van der Waals surface area contributed by atoms with Crippen LogP contribution in [0.15, 0.2) is 24.3 Å². The molecule has 0 aliphatic rings. The Hall–Kier alpha value is -1.07. The Morgan fingerprint density at radius 3 is 2.63 bits per heavy atom. The first kappa shape index (κ1) is 16.0. The highest BCUT2D eigenvalue weighted by atomic mass is 32.2. The molecule has 0 saturated heterocycles. The van der Waals surface area contributed by atoms with Crippen LogP contribution in [0.25, 0.3) is 0 Å². The highest BCUT2D eigenvalue weighted by Crippen LogP contribution is 2.17. The first-order valence-electron chi connectivity index (χ1n) is 6.71. The topological polar surface area (TPSA) is 55.4 Å². The number of nitrogens with one attached hydrogen (secondary N) is 1. The van der Waals surface area contributed by atoms with Crippen LogP contribution in [-0.4, -0.2) is 33.1 Å². The van der Waals surface area contributed by atoms with E-state index in [1.807, 2.05) is 24.3 Å². The molecule has 0 saturated carbocycles. The van der Waals surface area contributed by atoms with E-state index in [9.17, 15) is 8.42 Å². The van der Waals surface area contributed by atoms with Gasteiger partial charge in [-0.05, 0) is 19.0 Å². The highest BCUT2D eigenvalue weighted by molar-refractivity contribution is 7.91. The lowest BCUT2D eigenvalue weighted by Gasteiger charge is -2.11. The SMILES string of the molecule is CCNCc1ccccc1OCCCS(=O)(=O)CC. The molecule has 19 heavy (non-hydrogen) atoms. The Balaban J connectivity index is 2.44. The second kappa shape index (κ2) is 8.17. The highest BCUT2D eigenvalue weighted by Gasteiger charge is 2.07. The van der Waals surface area contributed by atoms with Gasteiger partial charge in [0.15, 0.2) is 0 Å². The smallest absolute Gasteiger partial charge is 0.150 e. The van der Waals surface area contributed by atoms with Gasteiger partial charge in [-0.25, -0.2) is 8.42 Å². The van der Waals surface area contributed by atoms with Crippen molar-refractivity contribution < 1.29 is 13.2 Å². The van der Waals surface area contributed by atoms with Crippen molar-refractivity contribution in [3.63, 3.8) is 0 Å². The van der Waals surface area contributed by atoms with E-state index in [0.717, 1.165) is 24.4 Å². The Bertz CT molecular complexity index is 471. The van der Waals surface area contributed by atoms with Gasteiger partial charge < -0.3 is 10.1 Å². The van der Waals surface area contributed by atoms with Gasteiger partial charge in [-0.1, -0.05) is 32.0 Å². The van der Waals surface area contributed by atoms with Crippen molar-refractivity contribution >= 4 is 9.84 Å². The second-order valence-corrected chi connectivity index (χ2v) is 6.80. The van der Waals surface area contributed by atoms with Crippen molar-refractivity contribution in [1.82, 2.24) is 5.32 Å². The summed E-state index contributed by atoms with van der Waals surface area (Å²) in [7, 11) is -2.89. The molecule has 4 nitrogen and oxygen atoms in total. The van der Waals surface area contributed by atoms with E-state index in [0.29, 0.717) is 13.0 Å². The van der Waals surface area contributed by atoms with Crippen LogP contribution in [0.4, 0.5) is 0 Å². The summed E-state index contributed by atoms with van der Waals surface area (Å²) in [5.41, 5.74) is 1.10. The predicted molar refractivity (Wildman–Crippen MR) is 78.3 cm³/mol. The molecular weight excluding hydrogens is 262 g/mol. The fourth-order valence-electron chi connectivity index (χ4n) is 1.66. The van der Waals surface area contributed by atoms with Gasteiger partial charge in [-0.15, -0.1) is 0 Å². The van der Waals surface area contributed by atoms with Crippen LogP contribution in [0.5, 0.6) is 5.75 Å². The zero-order chi connectivity index (χ0) is 14.1. The molecule has 0 amide bonds.